The third-order valence-electron chi connectivity index (χ3n) is 2.00. The van der Waals surface area contributed by atoms with Gasteiger partial charge in [0.1, 0.15) is 11.3 Å². The predicted molar refractivity (Wildman–Crippen MR) is 50.8 cm³/mol. The Hall–Kier alpha value is -2.11. The Balaban J connectivity index is 3.48. The first-order valence-corrected chi connectivity index (χ1v) is 4.04. The SMILES string of the molecule is COC(=O)c1c([N+](=O)[O-])ccc(O)c1C. The first-order chi connectivity index (χ1) is 6.99. The van der Waals surface area contributed by atoms with Crippen LogP contribution in [-0.2, 0) is 4.74 Å². The number of aromatic hydroxyl groups is 1. The molecule has 0 spiro atoms. The van der Waals surface area contributed by atoms with Gasteiger partial charge in [0, 0.05) is 11.6 Å². The zero-order chi connectivity index (χ0) is 11.6. The van der Waals surface area contributed by atoms with Crippen LogP contribution in [-0.4, -0.2) is 23.1 Å². The lowest BCUT2D eigenvalue weighted by Crippen LogP contribution is -2.08. The van der Waals surface area contributed by atoms with Crippen LogP contribution in [0.25, 0.3) is 0 Å². The highest BCUT2D eigenvalue weighted by Crippen LogP contribution is 2.29. The van der Waals surface area contributed by atoms with E-state index < -0.39 is 10.9 Å². The molecule has 0 radical (unpaired) electrons. The summed E-state index contributed by atoms with van der Waals surface area (Å²) in [6, 6.07) is 2.23. The van der Waals surface area contributed by atoms with Gasteiger partial charge in [0.2, 0.25) is 0 Å². The number of hydrogen-bond acceptors (Lipinski definition) is 5. The van der Waals surface area contributed by atoms with Gasteiger partial charge in [0.25, 0.3) is 5.69 Å². The van der Waals surface area contributed by atoms with Crippen LogP contribution in [0, 0.1) is 17.0 Å². The Labute approximate surface area is 85.2 Å². The van der Waals surface area contributed by atoms with E-state index in [2.05, 4.69) is 4.74 Å². The second kappa shape index (κ2) is 3.95. The van der Waals surface area contributed by atoms with Gasteiger partial charge in [-0.05, 0) is 13.0 Å². The maximum Gasteiger partial charge on any atom is 0.345 e. The van der Waals surface area contributed by atoms with E-state index in [1.165, 1.54) is 13.0 Å². The third-order valence-corrected chi connectivity index (χ3v) is 2.00. The Bertz CT molecular complexity index is 427. The molecule has 0 bridgehead atoms. The summed E-state index contributed by atoms with van der Waals surface area (Å²) in [5, 5.41) is 19.9. The van der Waals surface area contributed by atoms with Crippen LogP contribution >= 0.6 is 0 Å². The van der Waals surface area contributed by atoms with Gasteiger partial charge in [-0.25, -0.2) is 4.79 Å². The number of phenolic OH excluding ortho intramolecular Hbond substituents is 1. The molecule has 0 aliphatic heterocycles. The van der Waals surface area contributed by atoms with E-state index in [4.69, 9.17) is 0 Å². The molecule has 0 heterocycles. The fourth-order valence-corrected chi connectivity index (χ4v) is 1.20. The van der Waals surface area contributed by atoms with Crippen molar-refractivity contribution in [1.82, 2.24) is 0 Å². The first kappa shape index (κ1) is 11.0. The summed E-state index contributed by atoms with van der Waals surface area (Å²) >= 11 is 0. The van der Waals surface area contributed by atoms with Gasteiger partial charge in [-0.2, -0.15) is 0 Å². The summed E-state index contributed by atoms with van der Waals surface area (Å²) < 4.78 is 4.41. The lowest BCUT2D eigenvalue weighted by Gasteiger charge is -2.05. The number of nitrogens with zero attached hydrogens (tertiary/aromatic N) is 1. The molecule has 0 atom stereocenters. The lowest BCUT2D eigenvalue weighted by atomic mass is 10.1. The highest BCUT2D eigenvalue weighted by Gasteiger charge is 2.24. The molecule has 1 N–H and O–H groups in total. The molecule has 6 nitrogen and oxygen atoms in total. The van der Waals surface area contributed by atoms with Crippen LogP contribution in [0.2, 0.25) is 0 Å². The molecule has 15 heavy (non-hydrogen) atoms. The number of nitro benzene ring substituents is 1. The van der Waals surface area contributed by atoms with Crippen LogP contribution in [0.1, 0.15) is 15.9 Å². The van der Waals surface area contributed by atoms with Crippen LogP contribution in [0.15, 0.2) is 12.1 Å². The molecular formula is C9H9NO5. The summed E-state index contributed by atoms with van der Waals surface area (Å²) in [5.41, 5.74) is -0.462. The second-order valence-electron chi connectivity index (χ2n) is 2.85. The third kappa shape index (κ3) is 1.88. The summed E-state index contributed by atoms with van der Waals surface area (Å²) in [6.07, 6.45) is 0. The fourth-order valence-electron chi connectivity index (χ4n) is 1.20. The molecule has 1 rings (SSSR count). The largest absolute Gasteiger partial charge is 0.508 e. The van der Waals surface area contributed by atoms with Crippen molar-refractivity contribution in [2.45, 2.75) is 6.92 Å². The molecule has 0 fully saturated rings. The van der Waals surface area contributed by atoms with Crippen LogP contribution in [0.4, 0.5) is 5.69 Å². The number of methoxy groups -OCH3 is 1. The molecule has 0 amide bonds. The Morgan fingerprint density at radius 3 is 2.60 bits per heavy atom. The maximum atomic E-state index is 11.3. The quantitative estimate of drug-likeness (QED) is 0.453. The minimum atomic E-state index is -0.838. The topological polar surface area (TPSA) is 89.7 Å². The monoisotopic (exact) mass is 211 g/mol. The number of carbonyl (C=O) groups excluding carboxylic acids is 1. The number of benzene rings is 1. The molecule has 0 saturated carbocycles. The van der Waals surface area contributed by atoms with E-state index in [1.54, 1.807) is 0 Å². The zero-order valence-electron chi connectivity index (χ0n) is 8.18. The van der Waals surface area contributed by atoms with Crippen LogP contribution in [0.3, 0.4) is 0 Å². The van der Waals surface area contributed by atoms with Crippen molar-refractivity contribution in [1.29, 1.82) is 0 Å². The van der Waals surface area contributed by atoms with Crippen LogP contribution in [0.5, 0.6) is 5.75 Å². The Kier molecular flexibility index (Phi) is 2.89. The molecule has 0 unspecified atom stereocenters. The minimum absolute atomic E-state index is 0.135. The van der Waals surface area contributed by atoms with Gasteiger partial charge in [-0.1, -0.05) is 0 Å². The van der Waals surface area contributed by atoms with Gasteiger partial charge in [-0.3, -0.25) is 10.1 Å². The van der Waals surface area contributed by atoms with E-state index in [9.17, 15) is 20.0 Å². The lowest BCUT2D eigenvalue weighted by molar-refractivity contribution is -0.385. The highest BCUT2D eigenvalue weighted by molar-refractivity contribution is 5.96. The maximum absolute atomic E-state index is 11.3. The number of nitro groups is 1. The number of phenols is 1. The van der Waals surface area contributed by atoms with Crippen molar-refractivity contribution in [2.75, 3.05) is 7.11 Å². The van der Waals surface area contributed by atoms with Gasteiger partial charge in [0.15, 0.2) is 0 Å². The summed E-state index contributed by atoms with van der Waals surface area (Å²) in [7, 11) is 1.12. The number of ether oxygens (including phenoxy) is 1. The predicted octanol–water partition coefficient (Wildman–Crippen LogP) is 1.40. The van der Waals surface area contributed by atoms with E-state index >= 15 is 0 Å². The van der Waals surface area contributed by atoms with Crippen molar-refractivity contribution >= 4 is 11.7 Å². The smallest absolute Gasteiger partial charge is 0.345 e. The van der Waals surface area contributed by atoms with Crippen molar-refractivity contribution < 1.29 is 19.6 Å². The van der Waals surface area contributed by atoms with E-state index in [0.717, 1.165) is 13.2 Å². The average Bonchev–Trinajstić information content (AvgIpc) is 2.20. The number of carbonyl (C=O) groups is 1. The molecular weight excluding hydrogens is 202 g/mol. The number of esters is 1. The summed E-state index contributed by atoms with van der Waals surface area (Å²) in [6.45, 7) is 1.41. The molecule has 6 heteroatoms. The normalized spacial score (nSPS) is 9.73. The average molecular weight is 211 g/mol. The number of rotatable bonds is 2. The Morgan fingerprint density at radius 1 is 1.53 bits per heavy atom. The van der Waals surface area contributed by atoms with E-state index in [0.29, 0.717) is 0 Å². The van der Waals surface area contributed by atoms with Crippen LogP contribution < -0.4 is 0 Å². The molecule has 0 saturated heterocycles. The summed E-state index contributed by atoms with van der Waals surface area (Å²) in [5.74, 6) is -1.02. The van der Waals surface area contributed by atoms with E-state index in [1.807, 2.05) is 0 Å². The first-order valence-electron chi connectivity index (χ1n) is 4.04. The zero-order valence-corrected chi connectivity index (χ0v) is 8.18. The molecule has 0 aliphatic carbocycles. The summed E-state index contributed by atoms with van der Waals surface area (Å²) in [4.78, 5) is 21.2. The second-order valence-corrected chi connectivity index (χ2v) is 2.85. The van der Waals surface area contributed by atoms with Crippen molar-refractivity contribution in [3.8, 4) is 5.75 Å². The highest BCUT2D eigenvalue weighted by atomic mass is 16.6. The standard InChI is InChI=1S/C9H9NO5/c1-5-7(11)4-3-6(10(13)14)8(5)9(12)15-2/h3-4,11H,1-2H3. The molecule has 1 aromatic carbocycles. The molecule has 0 aliphatic rings. The number of hydrogen-bond donors (Lipinski definition) is 1. The minimum Gasteiger partial charge on any atom is -0.508 e. The molecule has 1 aromatic rings. The van der Waals surface area contributed by atoms with Crippen molar-refractivity contribution in [2.24, 2.45) is 0 Å². The van der Waals surface area contributed by atoms with Gasteiger partial charge in [-0.15, -0.1) is 0 Å². The van der Waals surface area contributed by atoms with E-state index in [-0.39, 0.29) is 22.6 Å². The van der Waals surface area contributed by atoms with Gasteiger partial charge < -0.3 is 9.84 Å². The van der Waals surface area contributed by atoms with Gasteiger partial charge in [0.05, 0.1) is 12.0 Å². The van der Waals surface area contributed by atoms with Crippen molar-refractivity contribution in [3.05, 3.63) is 33.4 Å². The molecule has 80 valence electrons. The van der Waals surface area contributed by atoms with Crippen molar-refractivity contribution in [3.63, 3.8) is 0 Å². The Morgan fingerprint density at radius 2 is 2.13 bits per heavy atom. The molecule has 0 aromatic heterocycles. The fraction of sp³-hybridized carbons (Fsp3) is 0.222. The van der Waals surface area contributed by atoms with Gasteiger partial charge >= 0.3 is 5.97 Å².